The standard InChI is InChI=1S/C11H13N3.2C2HF3O2/c12-9-10-2-1-3-11(8-10)14-6-4-13-5-7-14;2*3-2(4,5)1(6)7/h1-3,8,13H,4-7H2;2*(H,6,7). The molecule has 0 atom stereocenters. The van der Waals surface area contributed by atoms with E-state index in [1.165, 1.54) is 0 Å². The van der Waals surface area contributed by atoms with E-state index >= 15 is 0 Å². The van der Waals surface area contributed by atoms with Gasteiger partial charge >= 0.3 is 24.3 Å². The number of piperazine rings is 1. The predicted molar refractivity (Wildman–Crippen MR) is 83.6 cm³/mol. The first-order chi connectivity index (χ1) is 12.8. The SMILES string of the molecule is N#Cc1cccc(N2CCNCC2)c1.O=C(O)C(F)(F)F.O=C(O)C(F)(F)F. The topological polar surface area (TPSA) is 114 Å². The van der Waals surface area contributed by atoms with Crippen LogP contribution in [0.2, 0.25) is 0 Å². The number of benzene rings is 1. The first kappa shape index (κ1) is 25.0. The first-order valence-electron chi connectivity index (χ1n) is 7.35. The van der Waals surface area contributed by atoms with Crippen LogP contribution in [0.1, 0.15) is 5.56 Å². The summed E-state index contributed by atoms with van der Waals surface area (Å²) >= 11 is 0. The number of nitriles is 1. The second kappa shape index (κ2) is 11.0. The van der Waals surface area contributed by atoms with Gasteiger partial charge < -0.3 is 20.4 Å². The van der Waals surface area contributed by atoms with Gasteiger partial charge in [0.25, 0.3) is 0 Å². The molecular formula is C15H15F6N3O4. The summed E-state index contributed by atoms with van der Waals surface area (Å²) in [6, 6.07) is 9.95. The molecule has 0 amide bonds. The minimum absolute atomic E-state index is 0.737. The van der Waals surface area contributed by atoms with Crippen LogP contribution in [-0.4, -0.2) is 60.7 Å². The molecule has 0 bridgehead atoms. The number of carboxylic acids is 2. The second-order valence-corrected chi connectivity index (χ2v) is 5.01. The Morgan fingerprint density at radius 2 is 1.43 bits per heavy atom. The second-order valence-electron chi connectivity index (χ2n) is 5.01. The van der Waals surface area contributed by atoms with Crippen LogP contribution in [0.5, 0.6) is 0 Å². The molecule has 3 N–H and O–H groups in total. The number of halogens is 6. The van der Waals surface area contributed by atoms with E-state index in [0.29, 0.717) is 0 Å². The summed E-state index contributed by atoms with van der Waals surface area (Å²) < 4.78 is 63.5. The number of anilines is 1. The number of hydrogen-bond donors (Lipinski definition) is 3. The maximum absolute atomic E-state index is 10.6. The zero-order valence-corrected chi connectivity index (χ0v) is 14.0. The highest BCUT2D eigenvalue weighted by atomic mass is 19.4. The molecule has 0 aromatic heterocycles. The largest absolute Gasteiger partial charge is 0.490 e. The summed E-state index contributed by atoms with van der Waals surface area (Å²) in [5, 5.41) is 26.3. The van der Waals surface area contributed by atoms with Crippen LogP contribution >= 0.6 is 0 Å². The average Bonchev–Trinajstić information content (AvgIpc) is 2.62. The minimum atomic E-state index is -5.08. The van der Waals surface area contributed by atoms with Gasteiger partial charge in [-0.05, 0) is 18.2 Å². The minimum Gasteiger partial charge on any atom is -0.475 e. The first-order valence-corrected chi connectivity index (χ1v) is 7.35. The van der Waals surface area contributed by atoms with E-state index in [-0.39, 0.29) is 0 Å². The summed E-state index contributed by atoms with van der Waals surface area (Å²) in [6.07, 6.45) is -10.2. The lowest BCUT2D eigenvalue weighted by Gasteiger charge is -2.29. The number of nitrogens with one attached hydrogen (secondary N) is 1. The van der Waals surface area contributed by atoms with Crippen molar-refractivity contribution in [3.63, 3.8) is 0 Å². The number of nitrogens with zero attached hydrogens (tertiary/aromatic N) is 2. The Kier molecular flexibility index (Phi) is 9.80. The molecule has 28 heavy (non-hydrogen) atoms. The van der Waals surface area contributed by atoms with E-state index in [2.05, 4.69) is 22.4 Å². The number of alkyl halides is 6. The summed E-state index contributed by atoms with van der Waals surface area (Å²) in [5.74, 6) is -5.51. The maximum atomic E-state index is 10.6. The summed E-state index contributed by atoms with van der Waals surface area (Å²) in [6.45, 7) is 4.09. The van der Waals surface area contributed by atoms with E-state index in [9.17, 15) is 26.3 Å². The Hall–Kier alpha value is -3.01. The van der Waals surface area contributed by atoms with Gasteiger partial charge in [-0.1, -0.05) is 6.07 Å². The van der Waals surface area contributed by atoms with E-state index < -0.39 is 24.3 Å². The van der Waals surface area contributed by atoms with Crippen LogP contribution in [0.25, 0.3) is 0 Å². The molecule has 0 spiro atoms. The van der Waals surface area contributed by atoms with Crippen molar-refractivity contribution in [1.29, 1.82) is 5.26 Å². The molecule has 0 unspecified atom stereocenters. The molecule has 1 aliphatic heterocycles. The number of rotatable bonds is 1. The Balaban J connectivity index is 0.000000444. The van der Waals surface area contributed by atoms with Gasteiger partial charge in [0.15, 0.2) is 0 Å². The van der Waals surface area contributed by atoms with Crippen LogP contribution in [0, 0.1) is 11.3 Å². The Labute approximate surface area is 154 Å². The highest BCUT2D eigenvalue weighted by molar-refractivity contribution is 5.73. The fraction of sp³-hybridized carbons (Fsp3) is 0.400. The summed E-state index contributed by atoms with van der Waals surface area (Å²) in [7, 11) is 0. The van der Waals surface area contributed by atoms with Gasteiger partial charge in [0, 0.05) is 31.9 Å². The van der Waals surface area contributed by atoms with E-state index in [1.807, 2.05) is 18.2 Å². The van der Waals surface area contributed by atoms with Crippen LogP contribution in [0.4, 0.5) is 32.0 Å². The molecule has 1 saturated heterocycles. The number of hydrogen-bond acceptors (Lipinski definition) is 5. The highest BCUT2D eigenvalue weighted by Crippen LogP contribution is 2.16. The molecule has 1 fully saturated rings. The van der Waals surface area contributed by atoms with Gasteiger partial charge in [0.1, 0.15) is 0 Å². The van der Waals surface area contributed by atoms with Crippen molar-refractivity contribution >= 4 is 17.6 Å². The molecule has 7 nitrogen and oxygen atoms in total. The summed E-state index contributed by atoms with van der Waals surface area (Å²) in [4.78, 5) is 20.1. The van der Waals surface area contributed by atoms with Gasteiger partial charge in [-0.3, -0.25) is 0 Å². The molecule has 0 radical (unpaired) electrons. The third-order valence-corrected chi connectivity index (χ3v) is 2.94. The molecule has 0 aliphatic carbocycles. The van der Waals surface area contributed by atoms with Crippen molar-refractivity contribution in [2.24, 2.45) is 0 Å². The van der Waals surface area contributed by atoms with Crippen molar-refractivity contribution in [3.05, 3.63) is 29.8 Å². The maximum Gasteiger partial charge on any atom is 0.490 e. The van der Waals surface area contributed by atoms with Gasteiger partial charge in [-0.25, -0.2) is 9.59 Å². The van der Waals surface area contributed by atoms with Crippen LogP contribution in [0.3, 0.4) is 0 Å². The third-order valence-electron chi connectivity index (χ3n) is 2.94. The third kappa shape index (κ3) is 10.2. The lowest BCUT2D eigenvalue weighted by molar-refractivity contribution is -0.193. The van der Waals surface area contributed by atoms with Crippen LogP contribution in [-0.2, 0) is 9.59 Å². The zero-order chi connectivity index (χ0) is 22.0. The molecule has 2 rings (SSSR count). The van der Waals surface area contributed by atoms with Crippen molar-refractivity contribution < 1.29 is 46.1 Å². The molecule has 13 heteroatoms. The molecule has 1 aromatic carbocycles. The molecular weight excluding hydrogens is 400 g/mol. The van der Waals surface area contributed by atoms with Crippen LogP contribution in [0.15, 0.2) is 24.3 Å². The molecule has 1 aromatic rings. The lowest BCUT2D eigenvalue weighted by Crippen LogP contribution is -2.43. The van der Waals surface area contributed by atoms with Crippen molar-refractivity contribution in [3.8, 4) is 6.07 Å². The predicted octanol–water partition coefficient (Wildman–Crippen LogP) is 2.23. The van der Waals surface area contributed by atoms with Gasteiger partial charge in [0.2, 0.25) is 0 Å². The van der Waals surface area contributed by atoms with Crippen molar-refractivity contribution in [2.75, 3.05) is 31.1 Å². The normalized spacial score (nSPS) is 13.8. The summed E-state index contributed by atoms with van der Waals surface area (Å²) in [5.41, 5.74) is 1.89. The molecule has 156 valence electrons. The van der Waals surface area contributed by atoms with E-state index in [1.54, 1.807) is 0 Å². The Bertz CT molecular complexity index is 670. The zero-order valence-electron chi connectivity index (χ0n) is 14.0. The quantitative estimate of drug-likeness (QED) is 0.603. The van der Waals surface area contributed by atoms with Crippen LogP contribution < -0.4 is 10.2 Å². The smallest absolute Gasteiger partial charge is 0.475 e. The monoisotopic (exact) mass is 415 g/mol. The van der Waals surface area contributed by atoms with Gasteiger partial charge in [-0.15, -0.1) is 0 Å². The fourth-order valence-corrected chi connectivity index (χ4v) is 1.70. The van der Waals surface area contributed by atoms with Gasteiger partial charge in [-0.2, -0.15) is 31.6 Å². The average molecular weight is 415 g/mol. The molecule has 1 aliphatic rings. The van der Waals surface area contributed by atoms with Gasteiger partial charge in [0.05, 0.1) is 11.6 Å². The van der Waals surface area contributed by atoms with Crippen molar-refractivity contribution in [1.82, 2.24) is 5.32 Å². The Morgan fingerprint density at radius 1 is 1.00 bits per heavy atom. The lowest BCUT2D eigenvalue weighted by atomic mass is 10.2. The van der Waals surface area contributed by atoms with E-state index in [4.69, 9.17) is 25.1 Å². The number of carboxylic acid groups (broad SMARTS) is 2. The Morgan fingerprint density at radius 3 is 1.79 bits per heavy atom. The number of aliphatic carboxylic acids is 2. The number of carbonyl (C=O) groups is 2. The highest BCUT2D eigenvalue weighted by Gasteiger charge is 2.38. The van der Waals surface area contributed by atoms with E-state index in [0.717, 1.165) is 37.4 Å². The fourth-order valence-electron chi connectivity index (χ4n) is 1.70. The molecule has 0 saturated carbocycles. The molecule has 1 heterocycles. The van der Waals surface area contributed by atoms with Crippen molar-refractivity contribution in [2.45, 2.75) is 12.4 Å².